The summed E-state index contributed by atoms with van der Waals surface area (Å²) in [5.74, 6) is -0.875. The average molecular weight is 333 g/mol. The number of aryl methyl sites for hydroxylation is 1. The topological polar surface area (TPSA) is 49.3 Å². The Balaban J connectivity index is 0.000000196. The van der Waals surface area contributed by atoms with E-state index in [4.69, 9.17) is 5.11 Å². The second kappa shape index (κ2) is 10.1. The highest BCUT2D eigenvalue weighted by Crippen LogP contribution is 2.02. The summed E-state index contributed by atoms with van der Waals surface area (Å²) < 4.78 is 0. The number of aromatic carboxylic acids is 1. The summed E-state index contributed by atoms with van der Waals surface area (Å²) >= 11 is 0. The highest BCUT2D eigenvalue weighted by molar-refractivity contribution is 5.87. The molecule has 0 saturated heterocycles. The van der Waals surface area contributed by atoms with Crippen molar-refractivity contribution >= 4 is 5.97 Å². The minimum Gasteiger partial charge on any atom is -0.478 e. The smallest absolute Gasteiger partial charge is 0.335 e. The zero-order chi connectivity index (χ0) is 17.9. The summed E-state index contributed by atoms with van der Waals surface area (Å²) in [5, 5.41) is 11.9. The van der Waals surface area contributed by atoms with Gasteiger partial charge in [-0.15, -0.1) is 0 Å². The number of carboxylic acids is 1. The maximum atomic E-state index is 10.3. The molecule has 0 atom stereocenters. The van der Waals surface area contributed by atoms with Crippen LogP contribution in [0.3, 0.4) is 0 Å². The molecule has 0 spiro atoms. The fraction of sp³-hybridized carbons (Fsp3) is 0.136. The van der Waals surface area contributed by atoms with Crippen molar-refractivity contribution in [2.24, 2.45) is 0 Å². The summed E-state index contributed by atoms with van der Waals surface area (Å²) in [6.45, 7) is 3.77. The Kier molecular flexibility index (Phi) is 7.41. The highest BCUT2D eigenvalue weighted by atomic mass is 16.4. The Bertz CT molecular complexity index is 714. The largest absolute Gasteiger partial charge is 0.478 e. The molecular weight excluding hydrogens is 310 g/mol. The van der Waals surface area contributed by atoms with Crippen molar-refractivity contribution < 1.29 is 9.90 Å². The number of rotatable bonds is 5. The minimum atomic E-state index is -0.875. The molecule has 128 valence electrons. The van der Waals surface area contributed by atoms with Crippen LogP contribution in [0.25, 0.3) is 0 Å². The van der Waals surface area contributed by atoms with Gasteiger partial charge in [-0.25, -0.2) is 4.79 Å². The van der Waals surface area contributed by atoms with Gasteiger partial charge in [0.2, 0.25) is 0 Å². The summed E-state index contributed by atoms with van der Waals surface area (Å²) in [4.78, 5) is 10.3. The van der Waals surface area contributed by atoms with Gasteiger partial charge in [-0.2, -0.15) is 0 Å². The number of hydrogen-bond donors (Lipinski definition) is 2. The van der Waals surface area contributed by atoms with Gasteiger partial charge in [0.1, 0.15) is 0 Å². The van der Waals surface area contributed by atoms with Crippen LogP contribution in [-0.2, 0) is 13.1 Å². The fourth-order valence-electron chi connectivity index (χ4n) is 2.24. The summed E-state index contributed by atoms with van der Waals surface area (Å²) in [6.07, 6.45) is 0. The predicted octanol–water partition coefficient (Wildman–Crippen LogP) is 4.67. The molecule has 0 aromatic heterocycles. The molecule has 3 aromatic rings. The van der Waals surface area contributed by atoms with Gasteiger partial charge >= 0.3 is 5.97 Å². The van der Waals surface area contributed by atoms with Gasteiger partial charge < -0.3 is 10.4 Å². The second-order valence-electron chi connectivity index (χ2n) is 5.75. The minimum absolute atomic E-state index is 0.339. The molecule has 2 N–H and O–H groups in total. The van der Waals surface area contributed by atoms with Crippen LogP contribution < -0.4 is 5.32 Å². The van der Waals surface area contributed by atoms with Crippen molar-refractivity contribution in [3.63, 3.8) is 0 Å². The van der Waals surface area contributed by atoms with Crippen molar-refractivity contribution in [1.82, 2.24) is 5.32 Å². The third-order valence-electron chi connectivity index (χ3n) is 3.64. The maximum absolute atomic E-state index is 10.3. The predicted molar refractivity (Wildman–Crippen MR) is 102 cm³/mol. The normalized spacial score (nSPS) is 9.80. The van der Waals surface area contributed by atoms with Gasteiger partial charge in [0.05, 0.1) is 5.56 Å². The van der Waals surface area contributed by atoms with Gasteiger partial charge in [0.25, 0.3) is 0 Å². The molecule has 3 nitrogen and oxygen atoms in total. The van der Waals surface area contributed by atoms with E-state index in [9.17, 15) is 4.79 Å². The zero-order valence-corrected chi connectivity index (χ0v) is 14.4. The lowest BCUT2D eigenvalue weighted by Gasteiger charge is -2.04. The van der Waals surface area contributed by atoms with Gasteiger partial charge in [0.15, 0.2) is 0 Å². The molecule has 3 aromatic carbocycles. The number of hydrogen-bond acceptors (Lipinski definition) is 2. The van der Waals surface area contributed by atoms with Crippen molar-refractivity contribution in [2.75, 3.05) is 0 Å². The Morgan fingerprint density at radius 1 is 0.760 bits per heavy atom. The Morgan fingerprint density at radius 2 is 1.20 bits per heavy atom. The maximum Gasteiger partial charge on any atom is 0.335 e. The van der Waals surface area contributed by atoms with Crippen LogP contribution in [0.15, 0.2) is 84.9 Å². The first-order valence-electron chi connectivity index (χ1n) is 8.23. The summed E-state index contributed by atoms with van der Waals surface area (Å²) in [7, 11) is 0. The van der Waals surface area contributed by atoms with E-state index >= 15 is 0 Å². The van der Waals surface area contributed by atoms with Crippen molar-refractivity contribution in [2.45, 2.75) is 20.0 Å². The Labute approximate surface area is 149 Å². The van der Waals surface area contributed by atoms with Crippen LogP contribution in [0, 0.1) is 6.92 Å². The lowest BCUT2D eigenvalue weighted by molar-refractivity contribution is 0.0697. The van der Waals surface area contributed by atoms with E-state index in [1.165, 1.54) is 11.1 Å². The summed E-state index contributed by atoms with van der Waals surface area (Å²) in [5.41, 5.74) is 4.07. The lowest BCUT2D eigenvalue weighted by Crippen LogP contribution is -2.12. The van der Waals surface area contributed by atoms with Gasteiger partial charge in [-0.1, -0.05) is 78.4 Å². The SMILES string of the molecule is Cc1ccc(C(=O)O)cc1.c1ccc(CNCc2ccccc2)cc1. The molecule has 3 heteroatoms. The first-order chi connectivity index (χ1) is 12.1. The van der Waals surface area contributed by atoms with E-state index in [-0.39, 0.29) is 0 Å². The quantitative estimate of drug-likeness (QED) is 0.713. The van der Waals surface area contributed by atoms with Crippen LogP contribution in [0.1, 0.15) is 27.0 Å². The number of carboxylic acid groups (broad SMARTS) is 1. The van der Waals surface area contributed by atoms with Crippen molar-refractivity contribution in [3.05, 3.63) is 107 Å². The van der Waals surface area contributed by atoms with E-state index in [1.807, 2.05) is 19.1 Å². The molecule has 0 aliphatic heterocycles. The molecule has 25 heavy (non-hydrogen) atoms. The molecule has 0 heterocycles. The monoisotopic (exact) mass is 333 g/mol. The van der Waals surface area contributed by atoms with Gasteiger partial charge in [-0.3, -0.25) is 0 Å². The van der Waals surface area contributed by atoms with Crippen molar-refractivity contribution in [1.29, 1.82) is 0 Å². The van der Waals surface area contributed by atoms with Crippen molar-refractivity contribution in [3.8, 4) is 0 Å². The lowest BCUT2D eigenvalue weighted by atomic mass is 10.2. The average Bonchev–Trinajstić information content (AvgIpc) is 2.64. The molecule has 0 aliphatic rings. The molecule has 0 unspecified atom stereocenters. The zero-order valence-electron chi connectivity index (χ0n) is 14.4. The highest BCUT2D eigenvalue weighted by Gasteiger charge is 1.98. The molecular formula is C22H23NO2. The Morgan fingerprint density at radius 3 is 1.60 bits per heavy atom. The Hall–Kier alpha value is -2.91. The van der Waals surface area contributed by atoms with Crippen LogP contribution >= 0.6 is 0 Å². The number of benzene rings is 3. The van der Waals surface area contributed by atoms with Crippen LogP contribution in [0.4, 0.5) is 0 Å². The van der Waals surface area contributed by atoms with E-state index in [0.29, 0.717) is 5.56 Å². The molecule has 0 saturated carbocycles. The standard InChI is InChI=1S/C14H15N.C8H8O2/c1-3-7-13(8-4-1)11-15-12-14-9-5-2-6-10-14;1-6-2-4-7(5-3-6)8(9)10/h1-10,15H,11-12H2;2-5H,1H3,(H,9,10). The molecule has 3 rings (SSSR count). The number of carbonyl (C=O) groups is 1. The molecule has 0 amide bonds. The first-order valence-corrected chi connectivity index (χ1v) is 8.23. The molecule has 0 bridgehead atoms. The molecule has 0 fully saturated rings. The second-order valence-corrected chi connectivity index (χ2v) is 5.75. The van der Waals surface area contributed by atoms with E-state index in [0.717, 1.165) is 18.7 Å². The van der Waals surface area contributed by atoms with Crippen LogP contribution in [-0.4, -0.2) is 11.1 Å². The van der Waals surface area contributed by atoms with Gasteiger partial charge in [-0.05, 0) is 30.2 Å². The van der Waals surface area contributed by atoms with Crippen LogP contribution in [0.5, 0.6) is 0 Å². The van der Waals surface area contributed by atoms with E-state index in [1.54, 1.807) is 24.3 Å². The molecule has 0 aliphatic carbocycles. The fourth-order valence-corrected chi connectivity index (χ4v) is 2.24. The molecule has 0 radical (unpaired) electrons. The first kappa shape index (κ1) is 18.4. The van der Waals surface area contributed by atoms with Crippen LogP contribution in [0.2, 0.25) is 0 Å². The van der Waals surface area contributed by atoms with E-state index < -0.39 is 5.97 Å². The van der Waals surface area contributed by atoms with E-state index in [2.05, 4.69) is 53.8 Å². The van der Waals surface area contributed by atoms with Gasteiger partial charge in [0, 0.05) is 13.1 Å². The number of nitrogens with one attached hydrogen (secondary N) is 1. The summed E-state index contributed by atoms with van der Waals surface area (Å²) in [6, 6.07) is 27.7. The third kappa shape index (κ3) is 7.02. The third-order valence-corrected chi connectivity index (χ3v) is 3.64.